The van der Waals surface area contributed by atoms with Crippen molar-refractivity contribution in [2.75, 3.05) is 0 Å². The maximum Gasteiger partial charge on any atom is 0.192 e. The van der Waals surface area contributed by atoms with Crippen molar-refractivity contribution >= 4 is 8.32 Å². The van der Waals surface area contributed by atoms with E-state index in [4.69, 9.17) is 4.43 Å². The van der Waals surface area contributed by atoms with Crippen LogP contribution >= 0.6 is 0 Å². The first kappa shape index (κ1) is 30.9. The van der Waals surface area contributed by atoms with E-state index in [2.05, 4.69) is 107 Å². The summed E-state index contributed by atoms with van der Waals surface area (Å²) in [5.41, 5.74) is 4.19. The fourth-order valence-electron chi connectivity index (χ4n) is 7.39. The maximum atomic E-state index is 6.89. The summed E-state index contributed by atoms with van der Waals surface area (Å²) in [6.45, 7) is 28.9. The van der Waals surface area contributed by atoms with E-state index in [1.807, 2.05) is 0 Å². The van der Waals surface area contributed by atoms with E-state index in [0.29, 0.717) is 28.8 Å². The predicted octanol–water partition coefficient (Wildman–Crippen LogP) is 11.1. The summed E-state index contributed by atoms with van der Waals surface area (Å²) in [5.74, 6) is 3.61. The topological polar surface area (TPSA) is 9.23 Å². The third-order valence-corrected chi connectivity index (χ3v) is 15.8. The molecule has 3 saturated carbocycles. The number of fused-ring (bicyclic) bond motifs is 1. The molecule has 37 heavy (non-hydrogen) atoms. The molecule has 0 N–H and O–H groups in total. The zero-order valence-corrected chi connectivity index (χ0v) is 27.8. The molecule has 0 spiro atoms. The largest absolute Gasteiger partial charge is 0.414 e. The van der Waals surface area contributed by atoms with Crippen molar-refractivity contribution in [2.45, 2.75) is 145 Å². The van der Waals surface area contributed by atoms with Gasteiger partial charge in [0, 0.05) is 6.10 Å². The molecule has 0 amide bonds. The molecule has 0 aromatic carbocycles. The maximum absolute atomic E-state index is 6.89. The number of allylic oxidation sites excluding steroid dienone is 5. The summed E-state index contributed by atoms with van der Waals surface area (Å²) in [6, 6.07) is 0. The van der Waals surface area contributed by atoms with Gasteiger partial charge >= 0.3 is 0 Å². The summed E-state index contributed by atoms with van der Waals surface area (Å²) in [4.78, 5) is 0. The zero-order chi connectivity index (χ0) is 27.8. The Balaban J connectivity index is 1.72. The second kappa shape index (κ2) is 11.5. The second-order valence-electron chi connectivity index (χ2n) is 16.3. The van der Waals surface area contributed by atoms with Crippen LogP contribution in [-0.4, -0.2) is 14.4 Å². The molecular weight excluding hydrogens is 464 g/mol. The lowest BCUT2D eigenvalue weighted by Gasteiger charge is -2.44. The van der Waals surface area contributed by atoms with Gasteiger partial charge in [-0.25, -0.2) is 0 Å². The van der Waals surface area contributed by atoms with E-state index in [-0.39, 0.29) is 5.04 Å². The van der Waals surface area contributed by atoms with Crippen molar-refractivity contribution in [3.8, 4) is 0 Å². The summed E-state index contributed by atoms with van der Waals surface area (Å²) >= 11 is 0. The van der Waals surface area contributed by atoms with Gasteiger partial charge in [-0.3, -0.25) is 0 Å². The van der Waals surface area contributed by atoms with Crippen molar-refractivity contribution in [1.82, 2.24) is 0 Å². The van der Waals surface area contributed by atoms with Gasteiger partial charge in [-0.05, 0) is 110 Å². The number of hydrogen-bond donors (Lipinski definition) is 0. The molecule has 0 aromatic heterocycles. The zero-order valence-electron chi connectivity index (χ0n) is 26.8. The highest BCUT2D eigenvalue weighted by molar-refractivity contribution is 6.74. The lowest BCUT2D eigenvalue weighted by molar-refractivity contribution is 0.112. The molecule has 3 rings (SSSR count). The van der Waals surface area contributed by atoms with Crippen LogP contribution in [0.5, 0.6) is 0 Å². The first-order valence-corrected chi connectivity index (χ1v) is 18.6. The number of rotatable bonds is 6. The molecule has 3 aliphatic rings. The molecule has 1 nitrogen and oxygen atoms in total. The van der Waals surface area contributed by atoms with Crippen molar-refractivity contribution in [3.63, 3.8) is 0 Å². The minimum Gasteiger partial charge on any atom is -0.414 e. The van der Waals surface area contributed by atoms with Crippen LogP contribution in [0.1, 0.15) is 121 Å². The monoisotopic (exact) mass is 526 g/mol. The molecule has 3 aliphatic carbocycles. The Morgan fingerprint density at radius 1 is 0.973 bits per heavy atom. The Morgan fingerprint density at radius 3 is 2.27 bits per heavy atom. The molecule has 0 aliphatic heterocycles. The molecule has 7 atom stereocenters. The average molecular weight is 527 g/mol. The molecule has 3 fully saturated rings. The van der Waals surface area contributed by atoms with Crippen LogP contribution < -0.4 is 0 Å². The van der Waals surface area contributed by atoms with Gasteiger partial charge in [0.2, 0.25) is 0 Å². The Labute approximate surface area is 233 Å². The SMILES string of the molecule is C[C@@H]1C/C(=C/C=C2\CCC[C@]3(C)[C@@H]([C@H](C)/C=C/[C@H](C)C(C)(C)C)CC[C@@H]23)C[C@@H](O[Si](C)(C)C(C)(C)C)C1. The number of hydrogen-bond acceptors (Lipinski definition) is 1. The van der Waals surface area contributed by atoms with E-state index < -0.39 is 8.32 Å². The molecule has 2 heteroatoms. The van der Waals surface area contributed by atoms with Crippen LogP contribution in [0, 0.1) is 40.4 Å². The predicted molar refractivity (Wildman–Crippen MR) is 166 cm³/mol. The summed E-state index contributed by atoms with van der Waals surface area (Å²) in [6.07, 6.45) is 21.1. The van der Waals surface area contributed by atoms with Crippen LogP contribution in [-0.2, 0) is 4.43 Å². The lowest BCUT2D eigenvalue weighted by atomic mass is 9.61. The fraction of sp³-hybridized carbons (Fsp3) is 0.829. The molecule has 0 aromatic rings. The molecule has 0 saturated heterocycles. The fourth-order valence-corrected chi connectivity index (χ4v) is 8.76. The molecule has 212 valence electrons. The van der Waals surface area contributed by atoms with Gasteiger partial charge < -0.3 is 4.43 Å². The normalized spacial score (nSPS) is 35.8. The highest BCUT2D eigenvalue weighted by Gasteiger charge is 2.50. The van der Waals surface area contributed by atoms with Crippen LogP contribution in [0.25, 0.3) is 0 Å². The first-order valence-electron chi connectivity index (χ1n) is 15.7. The van der Waals surface area contributed by atoms with Crippen LogP contribution in [0.3, 0.4) is 0 Å². The van der Waals surface area contributed by atoms with Gasteiger partial charge in [0.1, 0.15) is 0 Å². The van der Waals surface area contributed by atoms with Gasteiger partial charge in [-0.15, -0.1) is 0 Å². The third-order valence-electron chi connectivity index (χ3n) is 11.3. The highest BCUT2D eigenvalue weighted by Crippen LogP contribution is 2.59. The first-order chi connectivity index (χ1) is 16.9. The Morgan fingerprint density at radius 2 is 1.65 bits per heavy atom. The van der Waals surface area contributed by atoms with E-state index in [0.717, 1.165) is 24.2 Å². The van der Waals surface area contributed by atoms with Crippen molar-refractivity contribution in [2.24, 2.45) is 40.4 Å². The van der Waals surface area contributed by atoms with E-state index >= 15 is 0 Å². The van der Waals surface area contributed by atoms with Crippen LogP contribution in [0.2, 0.25) is 18.1 Å². The van der Waals surface area contributed by atoms with Crippen molar-refractivity contribution in [3.05, 3.63) is 35.5 Å². The summed E-state index contributed by atoms with van der Waals surface area (Å²) in [7, 11) is -1.73. The van der Waals surface area contributed by atoms with E-state index in [1.54, 1.807) is 11.1 Å². The van der Waals surface area contributed by atoms with Gasteiger partial charge in [-0.1, -0.05) is 105 Å². The third kappa shape index (κ3) is 7.33. The summed E-state index contributed by atoms with van der Waals surface area (Å²) in [5, 5.41) is 0.280. The Kier molecular flexibility index (Phi) is 9.60. The second-order valence-corrected chi connectivity index (χ2v) is 21.1. The lowest BCUT2D eigenvalue weighted by Crippen LogP contribution is -2.45. The smallest absolute Gasteiger partial charge is 0.192 e. The Hall–Kier alpha value is -0.603. The van der Waals surface area contributed by atoms with Gasteiger partial charge in [0.15, 0.2) is 8.32 Å². The van der Waals surface area contributed by atoms with Crippen LogP contribution in [0.4, 0.5) is 0 Å². The minimum absolute atomic E-state index is 0.280. The van der Waals surface area contributed by atoms with Gasteiger partial charge in [0.25, 0.3) is 0 Å². The molecule has 0 unspecified atom stereocenters. The quantitative estimate of drug-likeness (QED) is 0.247. The molecule has 0 bridgehead atoms. The molecule has 0 radical (unpaired) electrons. The van der Waals surface area contributed by atoms with Gasteiger partial charge in [0.05, 0.1) is 0 Å². The Bertz CT molecular complexity index is 863. The molecular formula is C35H62OSi. The molecule has 0 heterocycles. The van der Waals surface area contributed by atoms with Crippen molar-refractivity contribution < 1.29 is 4.43 Å². The minimum atomic E-state index is -1.73. The van der Waals surface area contributed by atoms with Crippen molar-refractivity contribution in [1.29, 1.82) is 0 Å². The van der Waals surface area contributed by atoms with E-state index in [9.17, 15) is 0 Å². The van der Waals surface area contributed by atoms with Crippen LogP contribution in [0.15, 0.2) is 35.5 Å². The van der Waals surface area contributed by atoms with E-state index in [1.165, 1.54) is 44.9 Å². The van der Waals surface area contributed by atoms with Gasteiger partial charge in [-0.2, -0.15) is 0 Å². The highest BCUT2D eigenvalue weighted by atomic mass is 28.4. The average Bonchev–Trinajstić information content (AvgIpc) is 3.11. The summed E-state index contributed by atoms with van der Waals surface area (Å²) < 4.78 is 6.89. The standard InChI is InChI=1S/C35H62OSi/c1-25-22-28(24-30(23-25)36-37(11,12)34(7,8)9)17-18-29-14-13-21-35(10)31(19-20-32(29)35)26(2)15-16-27(3)33(4,5)6/h15-18,25-27,30-32H,13-14,19-24H2,1-12H3/b16-15+,28-17-,29-18+/t25-,26-,27+,30+,31-,32+,35-/m1/s1.